The van der Waals surface area contributed by atoms with Crippen molar-refractivity contribution in [3.8, 4) is 17.0 Å². The van der Waals surface area contributed by atoms with Crippen LogP contribution in [0.1, 0.15) is 4.88 Å². The zero-order valence-corrected chi connectivity index (χ0v) is 14.3. The maximum atomic E-state index is 11.9. The zero-order chi connectivity index (χ0) is 16.7. The molecule has 0 saturated heterocycles. The number of carbonyl (C=O) groups is 1. The lowest BCUT2D eigenvalue weighted by molar-refractivity contribution is -0.115. The molecule has 0 unspecified atom stereocenters. The molecule has 0 aliphatic heterocycles. The Morgan fingerprint density at radius 1 is 1.26 bits per heavy atom. The molecule has 124 valence electrons. The van der Waals surface area contributed by atoms with E-state index in [-0.39, 0.29) is 12.5 Å². The van der Waals surface area contributed by atoms with E-state index in [1.54, 1.807) is 14.2 Å². The van der Waals surface area contributed by atoms with Crippen molar-refractivity contribution in [2.75, 3.05) is 39.2 Å². The second-order valence-electron chi connectivity index (χ2n) is 4.87. The molecule has 0 spiro atoms. The predicted molar refractivity (Wildman–Crippen MR) is 92.2 cm³/mol. The van der Waals surface area contributed by atoms with Crippen LogP contribution in [0.5, 0.6) is 5.75 Å². The topological polar surface area (TPSA) is 72.5 Å². The number of aromatic nitrogens is 1. The van der Waals surface area contributed by atoms with Crippen molar-refractivity contribution in [3.63, 3.8) is 0 Å². The van der Waals surface area contributed by atoms with Crippen LogP contribution < -0.4 is 15.4 Å². The van der Waals surface area contributed by atoms with Crippen molar-refractivity contribution in [1.29, 1.82) is 0 Å². The highest BCUT2D eigenvalue weighted by Crippen LogP contribution is 2.31. The number of carbonyl (C=O) groups excluding carboxylic acids is 1. The van der Waals surface area contributed by atoms with Crippen molar-refractivity contribution in [2.24, 2.45) is 0 Å². The molecule has 0 aliphatic carbocycles. The number of hydrogen-bond donors (Lipinski definition) is 2. The quantitative estimate of drug-likeness (QED) is 0.724. The highest BCUT2D eigenvalue weighted by Gasteiger charge is 2.12. The van der Waals surface area contributed by atoms with E-state index in [0.717, 1.165) is 21.9 Å². The first-order chi connectivity index (χ1) is 11.1. The molecule has 0 aliphatic rings. The van der Waals surface area contributed by atoms with E-state index in [9.17, 15) is 4.79 Å². The highest BCUT2D eigenvalue weighted by molar-refractivity contribution is 7.16. The third kappa shape index (κ3) is 5.02. The summed E-state index contributed by atoms with van der Waals surface area (Å²) >= 11 is 1.46. The number of ether oxygens (including phenoxy) is 2. The summed E-state index contributed by atoms with van der Waals surface area (Å²) in [6.45, 7) is 3.44. The number of anilines is 1. The van der Waals surface area contributed by atoms with Crippen LogP contribution in [0.25, 0.3) is 11.3 Å². The maximum absolute atomic E-state index is 11.9. The lowest BCUT2D eigenvalue weighted by Crippen LogP contribution is -2.30. The summed E-state index contributed by atoms with van der Waals surface area (Å²) in [4.78, 5) is 17.4. The van der Waals surface area contributed by atoms with E-state index in [0.29, 0.717) is 18.3 Å². The molecule has 0 saturated carbocycles. The number of benzene rings is 1. The molecule has 6 nitrogen and oxygen atoms in total. The average molecular weight is 335 g/mol. The summed E-state index contributed by atoms with van der Waals surface area (Å²) in [5.74, 6) is 0.688. The van der Waals surface area contributed by atoms with Gasteiger partial charge in [0.05, 0.1) is 26.0 Å². The van der Waals surface area contributed by atoms with E-state index in [4.69, 9.17) is 9.47 Å². The molecule has 1 amide bonds. The van der Waals surface area contributed by atoms with Gasteiger partial charge in [0.2, 0.25) is 5.91 Å². The molecule has 0 fully saturated rings. The van der Waals surface area contributed by atoms with Crippen molar-refractivity contribution in [2.45, 2.75) is 6.92 Å². The number of methoxy groups -OCH3 is 2. The van der Waals surface area contributed by atoms with Crippen molar-refractivity contribution < 1.29 is 14.3 Å². The first kappa shape index (κ1) is 17.4. The van der Waals surface area contributed by atoms with Crippen molar-refractivity contribution >= 4 is 22.4 Å². The van der Waals surface area contributed by atoms with E-state index >= 15 is 0 Å². The van der Waals surface area contributed by atoms with Gasteiger partial charge in [0, 0.05) is 24.1 Å². The first-order valence-corrected chi connectivity index (χ1v) is 8.07. The SMILES string of the molecule is COCCNCC(=O)Nc1nc(-c2ccc(OC)cc2)c(C)s1. The molecule has 2 aromatic rings. The molecular weight excluding hydrogens is 314 g/mol. The number of hydrogen-bond acceptors (Lipinski definition) is 6. The third-order valence-corrected chi connectivity index (χ3v) is 4.06. The molecular formula is C16H21N3O3S. The fourth-order valence-corrected chi connectivity index (χ4v) is 2.86. The van der Waals surface area contributed by atoms with Gasteiger partial charge in [0.15, 0.2) is 5.13 Å². The minimum Gasteiger partial charge on any atom is -0.497 e. The van der Waals surface area contributed by atoms with Gasteiger partial charge >= 0.3 is 0 Å². The van der Waals surface area contributed by atoms with Gasteiger partial charge in [-0.05, 0) is 31.2 Å². The minimum atomic E-state index is -0.115. The molecule has 1 aromatic carbocycles. The normalized spacial score (nSPS) is 10.6. The predicted octanol–water partition coefficient (Wildman–Crippen LogP) is 2.30. The Morgan fingerprint density at radius 2 is 2.00 bits per heavy atom. The monoisotopic (exact) mass is 335 g/mol. The second kappa shape index (κ2) is 8.61. The van der Waals surface area contributed by atoms with Crippen molar-refractivity contribution in [3.05, 3.63) is 29.1 Å². The van der Waals surface area contributed by atoms with Gasteiger partial charge in [-0.2, -0.15) is 0 Å². The van der Waals surface area contributed by atoms with Gasteiger partial charge in [-0.25, -0.2) is 4.98 Å². The van der Waals surface area contributed by atoms with Gasteiger partial charge in [-0.1, -0.05) is 0 Å². The van der Waals surface area contributed by atoms with Crippen LogP contribution in [-0.4, -0.2) is 44.8 Å². The zero-order valence-electron chi connectivity index (χ0n) is 13.5. The lowest BCUT2D eigenvalue weighted by atomic mass is 10.1. The van der Waals surface area contributed by atoms with Crippen LogP contribution in [0.3, 0.4) is 0 Å². The lowest BCUT2D eigenvalue weighted by Gasteiger charge is -2.03. The fourth-order valence-electron chi connectivity index (χ4n) is 2.01. The minimum absolute atomic E-state index is 0.115. The maximum Gasteiger partial charge on any atom is 0.240 e. The summed E-state index contributed by atoms with van der Waals surface area (Å²) in [7, 11) is 3.26. The number of amides is 1. The Morgan fingerprint density at radius 3 is 2.65 bits per heavy atom. The Labute approximate surface area is 139 Å². The highest BCUT2D eigenvalue weighted by atomic mass is 32.1. The largest absolute Gasteiger partial charge is 0.497 e. The van der Waals surface area contributed by atoms with E-state index in [1.807, 2.05) is 31.2 Å². The standard InChI is InChI=1S/C16H21N3O3S/c1-11-15(12-4-6-13(22-3)7-5-12)19-16(23-11)18-14(20)10-17-8-9-21-2/h4-7,17H,8-10H2,1-3H3,(H,18,19,20). The number of thiazole rings is 1. The van der Waals surface area contributed by atoms with Crippen molar-refractivity contribution in [1.82, 2.24) is 10.3 Å². The molecule has 1 aromatic heterocycles. The van der Waals surface area contributed by atoms with Crippen LogP contribution in [-0.2, 0) is 9.53 Å². The summed E-state index contributed by atoms with van der Waals surface area (Å²) < 4.78 is 10.1. The number of nitrogens with zero attached hydrogens (tertiary/aromatic N) is 1. The van der Waals surface area contributed by atoms with Crippen LogP contribution in [0.2, 0.25) is 0 Å². The number of nitrogens with one attached hydrogen (secondary N) is 2. The molecule has 1 heterocycles. The van der Waals surface area contributed by atoms with Gasteiger partial charge in [-0.3, -0.25) is 4.79 Å². The summed E-state index contributed by atoms with van der Waals surface area (Å²) in [6, 6.07) is 7.70. The molecule has 2 rings (SSSR count). The fraction of sp³-hybridized carbons (Fsp3) is 0.375. The molecule has 0 radical (unpaired) electrons. The molecule has 23 heavy (non-hydrogen) atoms. The van der Waals surface area contributed by atoms with E-state index in [1.165, 1.54) is 11.3 Å². The Bertz CT molecular complexity index is 641. The molecule has 2 N–H and O–H groups in total. The van der Waals surface area contributed by atoms with Gasteiger partial charge < -0.3 is 20.1 Å². The number of rotatable bonds is 8. The van der Waals surface area contributed by atoms with Crippen LogP contribution in [0.15, 0.2) is 24.3 Å². The molecule has 0 atom stereocenters. The Balaban J connectivity index is 1.98. The smallest absolute Gasteiger partial charge is 0.240 e. The molecule has 7 heteroatoms. The first-order valence-electron chi connectivity index (χ1n) is 7.25. The Hall–Kier alpha value is -1.96. The summed E-state index contributed by atoms with van der Waals surface area (Å²) in [5.41, 5.74) is 1.87. The van der Waals surface area contributed by atoms with E-state index < -0.39 is 0 Å². The Kier molecular flexibility index (Phi) is 6.52. The summed E-state index contributed by atoms with van der Waals surface area (Å²) in [6.07, 6.45) is 0. The van der Waals surface area contributed by atoms with E-state index in [2.05, 4.69) is 15.6 Å². The average Bonchev–Trinajstić information content (AvgIpc) is 2.92. The molecule has 0 bridgehead atoms. The van der Waals surface area contributed by atoms with Gasteiger partial charge in [0.1, 0.15) is 5.75 Å². The number of aryl methyl sites for hydroxylation is 1. The van der Waals surface area contributed by atoms with Crippen LogP contribution in [0.4, 0.5) is 5.13 Å². The third-order valence-electron chi connectivity index (χ3n) is 3.17. The van der Waals surface area contributed by atoms with Gasteiger partial charge in [-0.15, -0.1) is 11.3 Å². The summed E-state index contributed by atoms with van der Waals surface area (Å²) in [5, 5.41) is 6.41. The van der Waals surface area contributed by atoms with Gasteiger partial charge in [0.25, 0.3) is 0 Å². The second-order valence-corrected chi connectivity index (χ2v) is 6.07. The van der Waals surface area contributed by atoms with Crippen LogP contribution >= 0.6 is 11.3 Å². The van der Waals surface area contributed by atoms with Crippen LogP contribution in [0, 0.1) is 6.92 Å².